The lowest BCUT2D eigenvalue weighted by Gasteiger charge is -2.18. The Morgan fingerprint density at radius 1 is 0.583 bits per heavy atom. The number of rotatable bonds is 28. The molecule has 1 unspecified atom stereocenters. The van der Waals surface area contributed by atoms with Gasteiger partial charge in [0.1, 0.15) is 6.10 Å². The largest absolute Gasteiger partial charge is 0.481 e. The number of carboxylic acid groups (broad SMARTS) is 1. The molecule has 1 N–H and O–H groups in total. The van der Waals surface area contributed by atoms with E-state index in [9.17, 15) is 9.59 Å². The molecule has 36 heavy (non-hydrogen) atoms. The van der Waals surface area contributed by atoms with Crippen molar-refractivity contribution in [1.29, 1.82) is 0 Å². The molecule has 0 aliphatic carbocycles. The Bertz CT molecular complexity index is 514. The average molecular weight is 509 g/mol. The minimum Gasteiger partial charge on any atom is -0.481 e. The molecule has 1 atom stereocenters. The van der Waals surface area contributed by atoms with Crippen molar-refractivity contribution in [2.75, 3.05) is 0 Å². The maximum atomic E-state index is 12.4. The van der Waals surface area contributed by atoms with Gasteiger partial charge >= 0.3 is 11.9 Å². The molecule has 0 saturated heterocycles. The number of hydrogen-bond acceptors (Lipinski definition) is 3. The van der Waals surface area contributed by atoms with E-state index in [1.807, 2.05) is 0 Å². The molecule has 212 valence electrons. The van der Waals surface area contributed by atoms with Crippen LogP contribution in [0.15, 0.2) is 12.2 Å². The molecule has 0 bridgehead atoms. The van der Waals surface area contributed by atoms with E-state index in [2.05, 4.69) is 26.0 Å². The smallest absolute Gasteiger partial charge is 0.306 e. The predicted octanol–water partition coefficient (Wildman–Crippen LogP) is 10.3. The van der Waals surface area contributed by atoms with Gasteiger partial charge < -0.3 is 9.84 Å². The Kier molecular flexibility index (Phi) is 27.2. The maximum Gasteiger partial charge on any atom is 0.306 e. The van der Waals surface area contributed by atoms with Gasteiger partial charge in [0, 0.05) is 12.8 Å². The molecule has 0 fully saturated rings. The van der Waals surface area contributed by atoms with Gasteiger partial charge in [-0.25, -0.2) is 0 Å². The number of hydrogen-bond donors (Lipinski definition) is 1. The lowest BCUT2D eigenvalue weighted by Crippen LogP contribution is -2.18. The highest BCUT2D eigenvalue weighted by molar-refractivity contribution is 5.69. The summed E-state index contributed by atoms with van der Waals surface area (Å²) in [5, 5.41) is 8.68. The quantitative estimate of drug-likeness (QED) is 0.0648. The van der Waals surface area contributed by atoms with Gasteiger partial charge in [0.05, 0.1) is 0 Å². The second-order valence-corrected chi connectivity index (χ2v) is 10.6. The highest BCUT2D eigenvalue weighted by Gasteiger charge is 2.14. The Morgan fingerprint density at radius 3 is 1.58 bits per heavy atom. The van der Waals surface area contributed by atoms with Crippen LogP contribution in [0.1, 0.15) is 174 Å². The monoisotopic (exact) mass is 508 g/mol. The molecule has 0 aromatic rings. The van der Waals surface area contributed by atoms with Crippen LogP contribution in [0.5, 0.6) is 0 Å². The van der Waals surface area contributed by atoms with Crippen molar-refractivity contribution in [2.24, 2.45) is 0 Å². The number of carboxylic acids is 1. The molecular formula is C32H60O4. The van der Waals surface area contributed by atoms with Crippen molar-refractivity contribution in [3.63, 3.8) is 0 Å². The molecule has 0 aliphatic heterocycles. The fourth-order valence-electron chi connectivity index (χ4n) is 4.63. The minimum atomic E-state index is -0.684. The number of ether oxygens (including phenoxy) is 1. The first kappa shape index (κ1) is 34.7. The van der Waals surface area contributed by atoms with Crippen LogP contribution in [0.3, 0.4) is 0 Å². The molecule has 0 aliphatic rings. The van der Waals surface area contributed by atoms with Crippen LogP contribution in [0, 0.1) is 0 Å². The van der Waals surface area contributed by atoms with Crippen LogP contribution >= 0.6 is 0 Å². The van der Waals surface area contributed by atoms with Crippen molar-refractivity contribution in [2.45, 2.75) is 180 Å². The van der Waals surface area contributed by atoms with Gasteiger partial charge in [0.15, 0.2) is 0 Å². The van der Waals surface area contributed by atoms with E-state index in [4.69, 9.17) is 9.84 Å². The number of carbonyl (C=O) groups excluding carboxylic acids is 1. The molecule has 0 heterocycles. The van der Waals surface area contributed by atoms with E-state index < -0.39 is 5.97 Å². The van der Waals surface area contributed by atoms with Crippen LogP contribution in [0.25, 0.3) is 0 Å². The van der Waals surface area contributed by atoms with E-state index in [0.29, 0.717) is 12.8 Å². The third-order valence-corrected chi connectivity index (χ3v) is 6.99. The summed E-state index contributed by atoms with van der Waals surface area (Å²) in [5.74, 6) is -0.674. The summed E-state index contributed by atoms with van der Waals surface area (Å²) in [6, 6.07) is 0. The van der Waals surface area contributed by atoms with E-state index in [0.717, 1.165) is 57.8 Å². The van der Waals surface area contributed by atoms with Gasteiger partial charge in [-0.3, -0.25) is 9.59 Å². The molecule has 0 saturated carbocycles. The molecule has 0 rings (SSSR count). The van der Waals surface area contributed by atoms with Crippen LogP contribution in [0.4, 0.5) is 0 Å². The summed E-state index contributed by atoms with van der Waals surface area (Å²) < 4.78 is 5.92. The number of carbonyl (C=O) groups is 2. The Labute approximate surface area is 224 Å². The van der Waals surface area contributed by atoms with Crippen LogP contribution in [-0.2, 0) is 14.3 Å². The molecule has 0 aromatic heterocycles. The van der Waals surface area contributed by atoms with Crippen LogP contribution in [0.2, 0.25) is 0 Å². The highest BCUT2D eigenvalue weighted by atomic mass is 16.5. The number of unbranched alkanes of at least 4 members (excludes halogenated alkanes) is 17. The fraction of sp³-hybridized carbons (Fsp3) is 0.875. The molecule has 0 aromatic carbocycles. The van der Waals surface area contributed by atoms with Gasteiger partial charge in [-0.1, -0.05) is 116 Å². The summed E-state index contributed by atoms with van der Waals surface area (Å²) in [5.41, 5.74) is 0. The molecule has 4 nitrogen and oxygen atoms in total. The van der Waals surface area contributed by atoms with Crippen LogP contribution in [-0.4, -0.2) is 23.1 Å². The number of allylic oxidation sites excluding steroid dienone is 2. The zero-order valence-electron chi connectivity index (χ0n) is 24.1. The second kappa shape index (κ2) is 28.3. The maximum absolute atomic E-state index is 12.4. The van der Waals surface area contributed by atoms with E-state index >= 15 is 0 Å². The summed E-state index contributed by atoms with van der Waals surface area (Å²) >= 11 is 0. The SMILES string of the molecule is CCCC/C=C\CCCCCCCC(=O)OC(CCCCCC)CCCCCCCCCCC(=O)O. The summed E-state index contributed by atoms with van der Waals surface area (Å²) in [7, 11) is 0. The third-order valence-electron chi connectivity index (χ3n) is 6.99. The normalized spacial score (nSPS) is 12.3. The van der Waals surface area contributed by atoms with Crippen LogP contribution < -0.4 is 0 Å². The first-order valence-corrected chi connectivity index (χ1v) is 15.7. The van der Waals surface area contributed by atoms with E-state index in [-0.39, 0.29) is 12.1 Å². The fourth-order valence-corrected chi connectivity index (χ4v) is 4.63. The third kappa shape index (κ3) is 27.3. The van der Waals surface area contributed by atoms with Crippen molar-refractivity contribution < 1.29 is 19.4 Å². The topological polar surface area (TPSA) is 63.6 Å². The van der Waals surface area contributed by atoms with Crippen molar-refractivity contribution in [3.05, 3.63) is 12.2 Å². The summed E-state index contributed by atoms with van der Waals surface area (Å²) in [4.78, 5) is 23.0. The second-order valence-electron chi connectivity index (χ2n) is 10.6. The number of esters is 1. The summed E-state index contributed by atoms with van der Waals surface area (Å²) in [6.07, 6.45) is 32.3. The molecule has 4 heteroatoms. The van der Waals surface area contributed by atoms with Crippen molar-refractivity contribution in [1.82, 2.24) is 0 Å². The van der Waals surface area contributed by atoms with E-state index in [1.165, 1.54) is 89.9 Å². The first-order valence-electron chi connectivity index (χ1n) is 15.7. The molecule has 0 radical (unpaired) electrons. The Morgan fingerprint density at radius 2 is 1.03 bits per heavy atom. The predicted molar refractivity (Wildman–Crippen MR) is 153 cm³/mol. The standard InChI is InChI=1S/C32H60O4/c1-3-5-7-9-10-11-12-13-18-21-25-29-32(35)36-30(26-22-8-6-4-2)27-23-19-16-14-15-17-20-24-28-31(33)34/h9-10,30H,3-8,11-29H2,1-2H3,(H,33,34)/b10-9-. The summed E-state index contributed by atoms with van der Waals surface area (Å²) in [6.45, 7) is 4.46. The highest BCUT2D eigenvalue weighted by Crippen LogP contribution is 2.18. The van der Waals surface area contributed by atoms with Gasteiger partial charge in [-0.05, 0) is 57.8 Å². The van der Waals surface area contributed by atoms with Gasteiger partial charge in [-0.2, -0.15) is 0 Å². The van der Waals surface area contributed by atoms with Gasteiger partial charge in [0.25, 0.3) is 0 Å². The minimum absolute atomic E-state index is 0.00992. The molecule has 0 spiro atoms. The van der Waals surface area contributed by atoms with E-state index in [1.54, 1.807) is 0 Å². The molecule has 0 amide bonds. The Balaban J connectivity index is 3.89. The Hall–Kier alpha value is -1.32. The molecular weight excluding hydrogens is 448 g/mol. The number of aliphatic carboxylic acids is 1. The van der Waals surface area contributed by atoms with Gasteiger partial charge in [0.2, 0.25) is 0 Å². The average Bonchev–Trinajstić information content (AvgIpc) is 2.85. The first-order chi connectivity index (χ1) is 17.6. The van der Waals surface area contributed by atoms with Crippen molar-refractivity contribution in [3.8, 4) is 0 Å². The van der Waals surface area contributed by atoms with Crippen molar-refractivity contribution >= 4 is 11.9 Å². The lowest BCUT2D eigenvalue weighted by atomic mass is 10.0. The lowest BCUT2D eigenvalue weighted by molar-refractivity contribution is -0.150. The zero-order chi connectivity index (χ0) is 26.5. The van der Waals surface area contributed by atoms with Gasteiger partial charge in [-0.15, -0.1) is 0 Å². The zero-order valence-corrected chi connectivity index (χ0v) is 24.1.